The summed E-state index contributed by atoms with van der Waals surface area (Å²) in [6, 6.07) is 7.41. The number of hydrogen-bond acceptors (Lipinski definition) is 6. The van der Waals surface area contributed by atoms with Gasteiger partial charge in [0.05, 0.1) is 41.2 Å². The molecule has 2 aromatic heterocycles. The van der Waals surface area contributed by atoms with Gasteiger partial charge in [-0.05, 0) is 44.5 Å². The molecule has 29 heavy (non-hydrogen) atoms. The zero-order chi connectivity index (χ0) is 20.6. The molecule has 1 aromatic carbocycles. The number of aromatic nitrogens is 4. The summed E-state index contributed by atoms with van der Waals surface area (Å²) in [5, 5.41) is 13.5. The van der Waals surface area contributed by atoms with Gasteiger partial charge >= 0.3 is 0 Å². The van der Waals surface area contributed by atoms with Crippen molar-refractivity contribution in [2.45, 2.75) is 26.3 Å². The third-order valence-corrected chi connectivity index (χ3v) is 6.95. The number of aryl methyl sites for hydroxylation is 1. The van der Waals surface area contributed by atoms with E-state index in [1.807, 2.05) is 53.6 Å². The Bertz CT molecular complexity index is 1120. The number of hydrogen-bond donors (Lipinski definition) is 1. The monoisotopic (exact) mass is 416 g/mol. The SMILES string of the molecule is Cc1nn(C2CCS(=O)(=O)C2)c(C)c1-n1ccnc1-c1ccc(OCCO)cc1. The quantitative estimate of drug-likeness (QED) is 0.661. The van der Waals surface area contributed by atoms with Crippen LogP contribution < -0.4 is 4.74 Å². The van der Waals surface area contributed by atoms with Crippen molar-refractivity contribution in [2.75, 3.05) is 24.7 Å². The van der Waals surface area contributed by atoms with Crippen LogP contribution in [0.15, 0.2) is 36.7 Å². The Morgan fingerprint density at radius 1 is 1.24 bits per heavy atom. The normalized spacial score (nSPS) is 18.2. The first kappa shape index (κ1) is 19.7. The summed E-state index contributed by atoms with van der Waals surface area (Å²) < 4.78 is 33.1. The first-order valence-corrected chi connectivity index (χ1v) is 11.4. The molecule has 0 bridgehead atoms. The predicted molar refractivity (Wildman–Crippen MR) is 109 cm³/mol. The average molecular weight is 417 g/mol. The number of aliphatic hydroxyl groups excluding tert-OH is 1. The molecule has 0 aliphatic carbocycles. The molecule has 8 nitrogen and oxygen atoms in total. The fourth-order valence-corrected chi connectivity index (χ4v) is 5.58. The Balaban J connectivity index is 1.68. The van der Waals surface area contributed by atoms with Gasteiger partial charge in [-0.1, -0.05) is 0 Å². The Morgan fingerprint density at radius 2 is 2.00 bits per heavy atom. The smallest absolute Gasteiger partial charge is 0.152 e. The van der Waals surface area contributed by atoms with Crippen molar-refractivity contribution in [3.05, 3.63) is 48.0 Å². The van der Waals surface area contributed by atoms with Gasteiger partial charge in [0.15, 0.2) is 9.84 Å². The van der Waals surface area contributed by atoms with E-state index in [4.69, 9.17) is 9.84 Å². The summed E-state index contributed by atoms with van der Waals surface area (Å²) in [6.07, 6.45) is 4.22. The van der Waals surface area contributed by atoms with E-state index in [1.165, 1.54) is 0 Å². The third-order valence-electron chi connectivity index (χ3n) is 5.20. The van der Waals surface area contributed by atoms with Gasteiger partial charge < -0.3 is 9.84 Å². The lowest BCUT2D eigenvalue weighted by Crippen LogP contribution is -2.14. The molecule has 9 heteroatoms. The average Bonchev–Trinajstić information content (AvgIpc) is 3.38. The number of imidazole rings is 1. The number of sulfone groups is 1. The van der Waals surface area contributed by atoms with Gasteiger partial charge in [0.2, 0.25) is 0 Å². The van der Waals surface area contributed by atoms with Gasteiger partial charge in [0, 0.05) is 18.0 Å². The number of aliphatic hydroxyl groups is 1. The second kappa shape index (κ2) is 7.64. The minimum absolute atomic E-state index is 0.0308. The molecule has 0 spiro atoms. The molecule has 1 unspecified atom stereocenters. The van der Waals surface area contributed by atoms with Gasteiger partial charge in [0.25, 0.3) is 0 Å². The summed E-state index contributed by atoms with van der Waals surface area (Å²) in [5.41, 5.74) is 3.59. The molecule has 3 heterocycles. The summed E-state index contributed by atoms with van der Waals surface area (Å²) in [6.45, 7) is 4.12. The summed E-state index contributed by atoms with van der Waals surface area (Å²) in [7, 11) is -2.99. The van der Waals surface area contributed by atoms with Crippen molar-refractivity contribution in [1.82, 2.24) is 19.3 Å². The van der Waals surface area contributed by atoms with Crippen molar-refractivity contribution in [3.63, 3.8) is 0 Å². The molecule has 0 radical (unpaired) electrons. The standard InChI is InChI=1S/C20H24N4O4S/c1-14-19(15(2)24(22-14)17-7-12-29(26,27)13-17)23-9-8-21-20(23)16-3-5-18(6-4-16)28-11-10-25/h3-6,8-9,17,25H,7,10-13H2,1-2H3. The third kappa shape index (κ3) is 3.79. The Kier molecular flexibility index (Phi) is 5.18. The van der Waals surface area contributed by atoms with Gasteiger partial charge in [-0.25, -0.2) is 13.4 Å². The molecule has 154 valence electrons. The second-order valence-corrected chi connectivity index (χ2v) is 9.47. The maximum atomic E-state index is 11.9. The molecule has 0 amide bonds. The number of rotatable bonds is 6. The largest absolute Gasteiger partial charge is 0.491 e. The lowest BCUT2D eigenvalue weighted by atomic mass is 10.2. The highest BCUT2D eigenvalue weighted by molar-refractivity contribution is 7.91. The molecule has 1 saturated heterocycles. The molecule has 1 aliphatic heterocycles. The molecular weight excluding hydrogens is 392 g/mol. The van der Waals surface area contributed by atoms with Crippen LogP contribution in [0.2, 0.25) is 0 Å². The van der Waals surface area contributed by atoms with Gasteiger partial charge in [-0.15, -0.1) is 0 Å². The van der Waals surface area contributed by atoms with Crippen molar-refractivity contribution in [3.8, 4) is 22.8 Å². The summed E-state index contributed by atoms with van der Waals surface area (Å²) in [4.78, 5) is 4.52. The lowest BCUT2D eigenvalue weighted by Gasteiger charge is -2.13. The van der Waals surface area contributed by atoms with E-state index in [1.54, 1.807) is 6.20 Å². The second-order valence-electron chi connectivity index (χ2n) is 7.24. The molecule has 1 aliphatic rings. The van der Waals surface area contributed by atoms with Crippen LogP contribution in [0.5, 0.6) is 5.75 Å². The molecule has 1 fully saturated rings. The highest BCUT2D eigenvalue weighted by atomic mass is 32.2. The first-order chi connectivity index (χ1) is 13.9. The van der Waals surface area contributed by atoms with Crippen LogP contribution in [0.3, 0.4) is 0 Å². The van der Waals surface area contributed by atoms with E-state index in [0.717, 1.165) is 28.5 Å². The fourth-order valence-electron chi connectivity index (χ4n) is 3.89. The number of ether oxygens (including phenoxy) is 1. The predicted octanol–water partition coefficient (Wildman–Crippen LogP) is 2.08. The van der Waals surface area contributed by atoms with E-state index in [-0.39, 0.29) is 30.8 Å². The fraction of sp³-hybridized carbons (Fsp3) is 0.400. The van der Waals surface area contributed by atoms with E-state index < -0.39 is 9.84 Å². The van der Waals surface area contributed by atoms with Crippen molar-refractivity contribution in [2.24, 2.45) is 0 Å². The minimum Gasteiger partial charge on any atom is -0.491 e. The van der Waals surface area contributed by atoms with Crippen LogP contribution in [0.4, 0.5) is 0 Å². The number of benzene rings is 1. The molecular formula is C20H24N4O4S. The van der Waals surface area contributed by atoms with E-state index in [0.29, 0.717) is 12.2 Å². The zero-order valence-corrected chi connectivity index (χ0v) is 17.3. The molecule has 3 aromatic rings. The van der Waals surface area contributed by atoms with Crippen LogP contribution in [0, 0.1) is 13.8 Å². The lowest BCUT2D eigenvalue weighted by molar-refractivity contribution is 0.201. The van der Waals surface area contributed by atoms with Gasteiger partial charge in [0.1, 0.15) is 18.2 Å². The first-order valence-electron chi connectivity index (χ1n) is 9.53. The maximum Gasteiger partial charge on any atom is 0.152 e. The molecule has 4 rings (SSSR count). The van der Waals surface area contributed by atoms with Crippen LogP contribution in [0.25, 0.3) is 17.1 Å². The van der Waals surface area contributed by atoms with Crippen molar-refractivity contribution >= 4 is 9.84 Å². The Labute approximate surface area is 169 Å². The van der Waals surface area contributed by atoms with E-state index >= 15 is 0 Å². The van der Waals surface area contributed by atoms with E-state index in [9.17, 15) is 8.42 Å². The molecule has 0 saturated carbocycles. The maximum absolute atomic E-state index is 11.9. The highest BCUT2D eigenvalue weighted by Gasteiger charge is 2.32. The summed E-state index contributed by atoms with van der Waals surface area (Å²) >= 11 is 0. The summed E-state index contributed by atoms with van der Waals surface area (Å²) in [5.74, 6) is 1.80. The molecule has 1 atom stereocenters. The highest BCUT2D eigenvalue weighted by Crippen LogP contribution is 2.31. The van der Waals surface area contributed by atoms with Crippen LogP contribution in [-0.4, -0.2) is 57.6 Å². The Hall–Kier alpha value is -2.65. The van der Waals surface area contributed by atoms with Gasteiger partial charge in [-0.2, -0.15) is 5.10 Å². The zero-order valence-electron chi connectivity index (χ0n) is 16.4. The minimum atomic E-state index is -2.99. The van der Waals surface area contributed by atoms with Crippen LogP contribution in [0.1, 0.15) is 23.9 Å². The Morgan fingerprint density at radius 3 is 2.66 bits per heavy atom. The van der Waals surface area contributed by atoms with Crippen LogP contribution in [-0.2, 0) is 9.84 Å². The van der Waals surface area contributed by atoms with Crippen molar-refractivity contribution < 1.29 is 18.3 Å². The van der Waals surface area contributed by atoms with Gasteiger partial charge in [-0.3, -0.25) is 9.25 Å². The van der Waals surface area contributed by atoms with Crippen molar-refractivity contribution in [1.29, 1.82) is 0 Å². The van der Waals surface area contributed by atoms with E-state index in [2.05, 4.69) is 10.1 Å². The number of nitrogens with zero attached hydrogens (tertiary/aromatic N) is 4. The molecule has 1 N–H and O–H groups in total. The topological polar surface area (TPSA) is 99.2 Å². The van der Waals surface area contributed by atoms with Crippen LogP contribution >= 0.6 is 0 Å².